The Hall–Kier alpha value is -4.53. The lowest BCUT2D eigenvalue weighted by molar-refractivity contribution is 0.0491. The van der Waals surface area contributed by atoms with Crippen LogP contribution in [0.4, 0.5) is 22.0 Å². The van der Waals surface area contributed by atoms with Crippen molar-refractivity contribution >= 4 is 48.3 Å². The van der Waals surface area contributed by atoms with Crippen LogP contribution < -0.4 is 20.9 Å². The lowest BCUT2D eigenvalue weighted by Crippen LogP contribution is -2.43. The van der Waals surface area contributed by atoms with Crippen molar-refractivity contribution in [2.75, 3.05) is 48.4 Å². The molecule has 53 heavy (non-hydrogen) atoms. The first kappa shape index (κ1) is 38.2. The van der Waals surface area contributed by atoms with Crippen LogP contribution in [0, 0.1) is 0 Å². The third kappa shape index (κ3) is 10.5. The topological polar surface area (TPSA) is 145 Å². The number of carbonyl (C=O) groups excluding carboxylic acids is 2. The molecule has 0 spiro atoms. The fraction of sp³-hybridized carbons (Fsp3) is 0.513. The number of benzene rings is 1. The van der Waals surface area contributed by atoms with E-state index in [1.807, 2.05) is 51.1 Å². The molecule has 2 aliphatic rings. The van der Waals surface area contributed by atoms with Gasteiger partial charge in [0.2, 0.25) is 0 Å². The smallest absolute Gasteiger partial charge is 0.407 e. The third-order valence-electron chi connectivity index (χ3n) is 9.39. The first-order valence-corrected chi connectivity index (χ1v) is 22.4. The molecular weight excluding hydrogens is 689 g/mol. The number of nitrogens with zero attached hydrogens (tertiary/aromatic N) is 5. The van der Waals surface area contributed by atoms with Gasteiger partial charge >= 0.3 is 6.09 Å². The molecule has 3 N–H and O–H groups in total. The number of rotatable bonds is 12. The number of fused-ring (bicyclic) bond motifs is 1. The third-order valence-corrected chi connectivity index (χ3v) is 11.1. The van der Waals surface area contributed by atoms with Crippen molar-refractivity contribution in [3.63, 3.8) is 0 Å². The Morgan fingerprint density at radius 1 is 0.962 bits per heavy atom. The van der Waals surface area contributed by atoms with Crippen molar-refractivity contribution in [1.29, 1.82) is 0 Å². The summed E-state index contributed by atoms with van der Waals surface area (Å²) in [7, 11) is -1.25. The molecule has 14 heteroatoms. The Morgan fingerprint density at radius 2 is 1.72 bits per heavy atom. The molecule has 2 atom stereocenters. The van der Waals surface area contributed by atoms with Crippen LogP contribution in [0.25, 0.3) is 22.3 Å². The summed E-state index contributed by atoms with van der Waals surface area (Å²) in [5, 5.41) is 10.5. The molecule has 1 aliphatic heterocycles. The Labute approximate surface area is 313 Å². The fourth-order valence-electron chi connectivity index (χ4n) is 6.71. The van der Waals surface area contributed by atoms with E-state index in [4.69, 9.17) is 19.2 Å². The van der Waals surface area contributed by atoms with E-state index in [1.54, 1.807) is 18.6 Å². The molecule has 284 valence electrons. The minimum atomic E-state index is -1.25. The average molecular weight is 743 g/mol. The van der Waals surface area contributed by atoms with Crippen molar-refractivity contribution in [1.82, 2.24) is 24.8 Å². The summed E-state index contributed by atoms with van der Waals surface area (Å²) in [6.07, 6.45) is 6.48. The van der Waals surface area contributed by atoms with Gasteiger partial charge in [0.15, 0.2) is 0 Å². The van der Waals surface area contributed by atoms with E-state index >= 15 is 0 Å². The molecule has 13 nitrogen and oxygen atoms in total. The predicted octanol–water partition coefficient (Wildman–Crippen LogP) is 7.14. The van der Waals surface area contributed by atoms with Crippen molar-refractivity contribution < 1.29 is 23.8 Å². The molecule has 2 amide bonds. The van der Waals surface area contributed by atoms with Gasteiger partial charge in [-0.3, -0.25) is 9.78 Å². The largest absolute Gasteiger partial charge is 0.444 e. The Kier molecular flexibility index (Phi) is 12.0. The van der Waals surface area contributed by atoms with Crippen LogP contribution in [0.5, 0.6) is 0 Å². The van der Waals surface area contributed by atoms with E-state index in [2.05, 4.69) is 61.1 Å². The second kappa shape index (κ2) is 16.6. The van der Waals surface area contributed by atoms with E-state index < -0.39 is 19.8 Å². The number of hydrogen-bond acceptors (Lipinski definition) is 10. The second-order valence-electron chi connectivity index (χ2n) is 16.2. The molecule has 4 heterocycles. The summed E-state index contributed by atoms with van der Waals surface area (Å²) < 4.78 is 19.4. The van der Waals surface area contributed by atoms with Gasteiger partial charge in [0.05, 0.1) is 24.3 Å². The number of morpholine rings is 1. The molecule has 1 saturated carbocycles. The highest BCUT2D eigenvalue weighted by atomic mass is 28.3. The number of nitrogens with one attached hydrogen (secondary N) is 3. The van der Waals surface area contributed by atoms with Crippen LogP contribution >= 0.6 is 0 Å². The fourth-order valence-corrected chi connectivity index (χ4v) is 7.46. The van der Waals surface area contributed by atoms with Crippen LogP contribution in [-0.4, -0.2) is 90.2 Å². The van der Waals surface area contributed by atoms with E-state index in [0.717, 1.165) is 78.6 Å². The van der Waals surface area contributed by atoms with E-state index in [9.17, 15) is 9.59 Å². The number of amides is 2. The maximum absolute atomic E-state index is 13.4. The Balaban J connectivity index is 1.13. The number of ether oxygens (including phenoxy) is 3. The summed E-state index contributed by atoms with van der Waals surface area (Å²) in [6.45, 7) is 16.6. The highest BCUT2D eigenvalue weighted by Gasteiger charge is 2.26. The summed E-state index contributed by atoms with van der Waals surface area (Å²) in [4.78, 5) is 41.7. The van der Waals surface area contributed by atoms with Gasteiger partial charge in [0.25, 0.3) is 5.91 Å². The second-order valence-corrected chi connectivity index (χ2v) is 21.8. The molecule has 2 fully saturated rings. The van der Waals surface area contributed by atoms with Gasteiger partial charge in [-0.15, -0.1) is 0 Å². The van der Waals surface area contributed by atoms with E-state index in [1.165, 1.54) is 0 Å². The first-order chi connectivity index (χ1) is 25.3. The SMILES string of the molecule is CC(C)(C)OC(=O)N[C@@H]1CCC[C@H](Nc2ccnc(C(=O)Nc3ccc(-c4cc5c(N6CCOCC6)ncnc5n4COCC[Si](C)(C)C)cc3)c2)C1. The molecule has 4 aromatic rings. The van der Waals surface area contributed by atoms with Crippen LogP contribution in [0.2, 0.25) is 25.7 Å². The van der Waals surface area contributed by atoms with Crippen LogP contribution in [0.3, 0.4) is 0 Å². The zero-order chi connectivity index (χ0) is 37.6. The molecule has 1 saturated heterocycles. The normalized spacial score (nSPS) is 18.1. The van der Waals surface area contributed by atoms with Crippen molar-refractivity contribution in [2.24, 2.45) is 0 Å². The summed E-state index contributed by atoms with van der Waals surface area (Å²) in [6, 6.07) is 14.8. The summed E-state index contributed by atoms with van der Waals surface area (Å²) in [5.74, 6) is 0.596. The van der Waals surface area contributed by atoms with Crippen LogP contribution in [0.1, 0.15) is 56.9 Å². The highest BCUT2D eigenvalue weighted by Crippen LogP contribution is 2.33. The number of alkyl carbamates (subject to hydrolysis) is 1. The maximum Gasteiger partial charge on any atom is 0.407 e. The lowest BCUT2D eigenvalue weighted by Gasteiger charge is -2.31. The van der Waals surface area contributed by atoms with Crippen molar-refractivity contribution in [2.45, 2.75) is 96.6 Å². The Morgan fingerprint density at radius 3 is 2.45 bits per heavy atom. The number of hydrogen-bond donors (Lipinski definition) is 3. The average Bonchev–Trinajstić information content (AvgIpc) is 3.48. The minimum absolute atomic E-state index is 0.0205. The van der Waals surface area contributed by atoms with E-state index in [-0.39, 0.29) is 18.0 Å². The van der Waals surface area contributed by atoms with Gasteiger partial charge in [-0.1, -0.05) is 31.8 Å². The van der Waals surface area contributed by atoms with Crippen molar-refractivity contribution in [3.05, 3.63) is 60.7 Å². The highest BCUT2D eigenvalue weighted by molar-refractivity contribution is 6.76. The molecule has 0 bridgehead atoms. The minimum Gasteiger partial charge on any atom is -0.444 e. The number of carbonyl (C=O) groups is 2. The van der Waals surface area contributed by atoms with Gasteiger partial charge in [-0.05, 0) is 88.4 Å². The van der Waals surface area contributed by atoms with Crippen LogP contribution in [-0.2, 0) is 20.9 Å². The van der Waals surface area contributed by atoms with Gasteiger partial charge in [0.1, 0.15) is 35.8 Å². The van der Waals surface area contributed by atoms with Gasteiger partial charge < -0.3 is 39.6 Å². The molecule has 1 aromatic carbocycles. The van der Waals surface area contributed by atoms with Crippen molar-refractivity contribution in [3.8, 4) is 11.3 Å². The molecule has 6 rings (SSSR count). The lowest BCUT2D eigenvalue weighted by atomic mass is 9.91. The van der Waals surface area contributed by atoms with Gasteiger partial charge in [-0.25, -0.2) is 14.8 Å². The number of pyridine rings is 1. The predicted molar refractivity (Wildman–Crippen MR) is 211 cm³/mol. The number of anilines is 3. The maximum atomic E-state index is 13.4. The zero-order valence-corrected chi connectivity index (χ0v) is 32.9. The summed E-state index contributed by atoms with van der Waals surface area (Å²) in [5.41, 5.74) is 3.99. The summed E-state index contributed by atoms with van der Waals surface area (Å²) >= 11 is 0. The molecule has 0 unspecified atom stereocenters. The standard InChI is InChI=1S/C39H54N8O5Si/c1-39(2,3)52-38(49)45-30-9-7-8-29(22-30)43-31-14-15-40-33(23-31)37(48)44-28-12-10-27(11-13-28)34-24-32-35(46-16-18-50-19-17-46)41-25-42-36(32)47(34)26-51-20-21-53(4,5)6/h10-15,23-25,29-30H,7-9,16-22,26H2,1-6H3,(H,40,43)(H,44,48)(H,45,49)/t29-,30+/m0/s1. The first-order valence-electron chi connectivity index (χ1n) is 18.7. The molecule has 1 aliphatic carbocycles. The molecular formula is C39H54N8O5Si. The monoisotopic (exact) mass is 742 g/mol. The van der Waals surface area contributed by atoms with Gasteiger partial charge in [-0.2, -0.15) is 0 Å². The molecule has 3 aromatic heterocycles. The Bertz CT molecular complexity index is 1860. The van der Waals surface area contributed by atoms with E-state index in [0.29, 0.717) is 37.9 Å². The quantitative estimate of drug-likeness (QED) is 0.101. The van der Waals surface area contributed by atoms with Gasteiger partial charge in [0, 0.05) is 57.4 Å². The zero-order valence-electron chi connectivity index (χ0n) is 31.9. The number of aromatic nitrogens is 4. The van der Waals surface area contributed by atoms with Crippen LogP contribution in [0.15, 0.2) is 55.0 Å². The molecule has 0 radical (unpaired) electrons.